The van der Waals surface area contributed by atoms with Gasteiger partial charge in [0.1, 0.15) is 5.75 Å². The minimum absolute atomic E-state index is 0.0960. The summed E-state index contributed by atoms with van der Waals surface area (Å²) in [7, 11) is 0. The number of phenols is 1. The summed E-state index contributed by atoms with van der Waals surface area (Å²) in [5.74, 6) is 0.299. The van der Waals surface area contributed by atoms with E-state index in [1.807, 2.05) is 38.1 Å². The Kier molecular flexibility index (Phi) is 4.23. The lowest BCUT2D eigenvalue weighted by Gasteiger charge is -2.17. The maximum absolute atomic E-state index is 9.50. The van der Waals surface area contributed by atoms with Gasteiger partial charge in [0.2, 0.25) is 0 Å². The van der Waals surface area contributed by atoms with Crippen molar-refractivity contribution in [1.29, 1.82) is 0 Å². The Labute approximate surface area is 123 Å². The molecule has 2 aromatic rings. The Bertz CT molecular complexity index is 599. The summed E-state index contributed by atoms with van der Waals surface area (Å²) < 4.78 is 0. The average molecular weight is 296 g/mol. The molecule has 0 amide bonds. The second-order valence-corrected chi connectivity index (χ2v) is 5.36. The van der Waals surface area contributed by atoms with Crippen molar-refractivity contribution >= 4 is 28.9 Å². The lowest BCUT2D eigenvalue weighted by Crippen LogP contribution is -2.06. The quantitative estimate of drug-likeness (QED) is 0.765. The van der Waals surface area contributed by atoms with E-state index in [1.165, 1.54) is 0 Å². The van der Waals surface area contributed by atoms with Crippen LogP contribution < -0.4 is 5.32 Å². The molecular formula is C15H15Cl2NO. The zero-order valence-electron chi connectivity index (χ0n) is 10.7. The number of aryl methyl sites for hydroxylation is 1. The molecule has 0 aliphatic heterocycles. The minimum Gasteiger partial charge on any atom is -0.508 e. The third-order valence-electron chi connectivity index (χ3n) is 3.02. The Morgan fingerprint density at radius 2 is 1.79 bits per heavy atom. The highest BCUT2D eigenvalue weighted by atomic mass is 35.5. The first-order valence-corrected chi connectivity index (χ1v) is 6.74. The molecule has 0 aliphatic rings. The summed E-state index contributed by atoms with van der Waals surface area (Å²) in [6.07, 6.45) is 0. The van der Waals surface area contributed by atoms with Gasteiger partial charge in [0.05, 0.1) is 10.0 Å². The molecule has 2 aromatic carbocycles. The van der Waals surface area contributed by atoms with Crippen LogP contribution in [-0.4, -0.2) is 5.11 Å². The van der Waals surface area contributed by atoms with E-state index in [0.29, 0.717) is 15.8 Å². The van der Waals surface area contributed by atoms with Gasteiger partial charge in [-0.25, -0.2) is 0 Å². The molecule has 0 aromatic heterocycles. The highest BCUT2D eigenvalue weighted by molar-refractivity contribution is 6.42. The third-order valence-corrected chi connectivity index (χ3v) is 3.76. The van der Waals surface area contributed by atoms with E-state index in [-0.39, 0.29) is 6.04 Å². The fraction of sp³-hybridized carbons (Fsp3) is 0.200. The predicted molar refractivity (Wildman–Crippen MR) is 81.3 cm³/mol. The van der Waals surface area contributed by atoms with Gasteiger partial charge in [-0.05, 0) is 55.3 Å². The second kappa shape index (κ2) is 5.72. The maximum atomic E-state index is 9.50. The standard InChI is InChI=1S/C15H15Cl2NO/c1-9-7-12(4-6-15(9)19)18-10(2)11-3-5-13(16)14(17)8-11/h3-8,10,18-19H,1-2H3. The van der Waals surface area contributed by atoms with Gasteiger partial charge < -0.3 is 10.4 Å². The van der Waals surface area contributed by atoms with E-state index in [2.05, 4.69) is 5.32 Å². The van der Waals surface area contributed by atoms with Gasteiger partial charge in [-0.15, -0.1) is 0 Å². The number of halogens is 2. The molecule has 2 rings (SSSR count). The largest absolute Gasteiger partial charge is 0.508 e. The van der Waals surface area contributed by atoms with Crippen molar-refractivity contribution in [2.24, 2.45) is 0 Å². The van der Waals surface area contributed by atoms with E-state index < -0.39 is 0 Å². The van der Waals surface area contributed by atoms with Crippen molar-refractivity contribution in [3.8, 4) is 5.75 Å². The van der Waals surface area contributed by atoms with Crippen LogP contribution in [-0.2, 0) is 0 Å². The van der Waals surface area contributed by atoms with Crippen LogP contribution in [0.1, 0.15) is 24.1 Å². The SMILES string of the molecule is Cc1cc(NC(C)c2ccc(Cl)c(Cl)c2)ccc1O. The van der Waals surface area contributed by atoms with Gasteiger partial charge in [-0.1, -0.05) is 29.3 Å². The molecule has 1 unspecified atom stereocenters. The number of rotatable bonds is 3. The van der Waals surface area contributed by atoms with Crippen LogP contribution in [0.5, 0.6) is 5.75 Å². The monoisotopic (exact) mass is 295 g/mol. The van der Waals surface area contributed by atoms with Crippen LogP contribution >= 0.6 is 23.2 Å². The van der Waals surface area contributed by atoms with Crippen molar-refractivity contribution < 1.29 is 5.11 Å². The smallest absolute Gasteiger partial charge is 0.118 e. The summed E-state index contributed by atoms with van der Waals surface area (Å²) in [4.78, 5) is 0. The van der Waals surface area contributed by atoms with E-state index in [9.17, 15) is 5.11 Å². The fourth-order valence-corrected chi connectivity index (χ4v) is 2.17. The number of phenolic OH excluding ortho intramolecular Hbond substituents is 1. The molecule has 0 bridgehead atoms. The topological polar surface area (TPSA) is 32.3 Å². The highest BCUT2D eigenvalue weighted by Crippen LogP contribution is 2.28. The second-order valence-electron chi connectivity index (χ2n) is 4.54. The number of benzene rings is 2. The molecular weight excluding hydrogens is 281 g/mol. The van der Waals surface area contributed by atoms with E-state index >= 15 is 0 Å². The number of nitrogens with one attached hydrogen (secondary N) is 1. The van der Waals surface area contributed by atoms with Crippen LogP contribution in [0, 0.1) is 6.92 Å². The van der Waals surface area contributed by atoms with Crippen molar-refractivity contribution in [1.82, 2.24) is 0 Å². The number of hydrogen-bond donors (Lipinski definition) is 2. The van der Waals surface area contributed by atoms with Crippen LogP contribution in [0.4, 0.5) is 5.69 Å². The molecule has 0 radical (unpaired) electrons. The van der Waals surface area contributed by atoms with Crippen LogP contribution in [0.25, 0.3) is 0 Å². The number of hydrogen-bond acceptors (Lipinski definition) is 2. The number of aromatic hydroxyl groups is 1. The van der Waals surface area contributed by atoms with Gasteiger partial charge in [0, 0.05) is 11.7 Å². The molecule has 0 heterocycles. The highest BCUT2D eigenvalue weighted by Gasteiger charge is 2.08. The molecule has 2 N–H and O–H groups in total. The molecule has 0 saturated heterocycles. The van der Waals surface area contributed by atoms with Crippen LogP contribution in [0.2, 0.25) is 10.0 Å². The lowest BCUT2D eigenvalue weighted by molar-refractivity contribution is 0.471. The fourth-order valence-electron chi connectivity index (χ4n) is 1.86. The minimum atomic E-state index is 0.0960. The molecule has 0 aliphatic carbocycles. The first kappa shape index (κ1) is 14.0. The van der Waals surface area contributed by atoms with E-state index in [0.717, 1.165) is 16.8 Å². The third kappa shape index (κ3) is 3.34. The summed E-state index contributed by atoms with van der Waals surface area (Å²) in [5.41, 5.74) is 2.85. The molecule has 4 heteroatoms. The zero-order valence-corrected chi connectivity index (χ0v) is 12.3. The Morgan fingerprint density at radius 1 is 1.05 bits per heavy atom. The van der Waals surface area contributed by atoms with Crippen molar-refractivity contribution in [2.75, 3.05) is 5.32 Å². The summed E-state index contributed by atoms with van der Waals surface area (Å²) >= 11 is 11.9. The first-order chi connectivity index (χ1) is 8.97. The molecule has 0 spiro atoms. The maximum Gasteiger partial charge on any atom is 0.118 e. The molecule has 100 valence electrons. The van der Waals surface area contributed by atoms with Gasteiger partial charge in [-0.3, -0.25) is 0 Å². The average Bonchev–Trinajstić information content (AvgIpc) is 2.37. The zero-order chi connectivity index (χ0) is 14.0. The Balaban J connectivity index is 2.17. The van der Waals surface area contributed by atoms with Crippen LogP contribution in [0.15, 0.2) is 36.4 Å². The summed E-state index contributed by atoms with van der Waals surface area (Å²) in [6.45, 7) is 3.91. The normalized spacial score (nSPS) is 12.2. The van der Waals surface area contributed by atoms with Crippen molar-refractivity contribution in [2.45, 2.75) is 19.9 Å². The number of anilines is 1. The molecule has 0 fully saturated rings. The van der Waals surface area contributed by atoms with Crippen LogP contribution in [0.3, 0.4) is 0 Å². The van der Waals surface area contributed by atoms with Gasteiger partial charge in [0.15, 0.2) is 0 Å². The van der Waals surface area contributed by atoms with Crippen molar-refractivity contribution in [3.05, 3.63) is 57.6 Å². The van der Waals surface area contributed by atoms with Crippen molar-refractivity contribution in [3.63, 3.8) is 0 Å². The predicted octanol–water partition coefficient (Wildman–Crippen LogP) is 5.18. The lowest BCUT2D eigenvalue weighted by atomic mass is 10.1. The van der Waals surface area contributed by atoms with E-state index in [4.69, 9.17) is 23.2 Å². The molecule has 19 heavy (non-hydrogen) atoms. The summed E-state index contributed by atoms with van der Waals surface area (Å²) in [6, 6.07) is 11.1. The molecule has 0 saturated carbocycles. The van der Waals surface area contributed by atoms with Gasteiger partial charge >= 0.3 is 0 Å². The molecule has 2 nitrogen and oxygen atoms in total. The first-order valence-electron chi connectivity index (χ1n) is 5.98. The van der Waals surface area contributed by atoms with Gasteiger partial charge in [0.25, 0.3) is 0 Å². The molecule has 1 atom stereocenters. The summed E-state index contributed by atoms with van der Waals surface area (Å²) in [5, 5.41) is 14.0. The Hall–Kier alpha value is -1.38. The Morgan fingerprint density at radius 3 is 2.42 bits per heavy atom. The van der Waals surface area contributed by atoms with E-state index in [1.54, 1.807) is 12.1 Å². The van der Waals surface area contributed by atoms with Gasteiger partial charge in [-0.2, -0.15) is 0 Å².